The first-order valence-corrected chi connectivity index (χ1v) is 10.7. The van der Waals surface area contributed by atoms with E-state index < -0.39 is 6.03 Å². The molecule has 3 N–H and O–H groups in total. The molecule has 166 valence electrons. The standard InChI is InChI=1S/C22H34N4O4/c1-17(2)30-14-6-11-23-21(28)19-9-12-26(13-10-19)16-20(27)25-22(29)24-15-18-7-4-3-5-8-18/h3-5,7-8,17,19H,6,9-16H2,1-2H3,(H,23,28)(H2,24,25,27,29). The molecule has 0 saturated carbocycles. The molecule has 0 spiro atoms. The molecule has 1 heterocycles. The number of carbonyl (C=O) groups excluding carboxylic acids is 3. The number of benzene rings is 1. The van der Waals surface area contributed by atoms with Crippen LogP contribution in [0.2, 0.25) is 0 Å². The Labute approximate surface area is 178 Å². The third kappa shape index (κ3) is 9.37. The number of nitrogens with zero attached hydrogens (tertiary/aromatic N) is 1. The van der Waals surface area contributed by atoms with Crippen LogP contribution in [-0.4, -0.2) is 61.6 Å². The second-order valence-electron chi connectivity index (χ2n) is 7.83. The van der Waals surface area contributed by atoms with E-state index in [1.807, 2.05) is 49.1 Å². The summed E-state index contributed by atoms with van der Waals surface area (Å²) in [6.45, 7) is 7.08. The quantitative estimate of drug-likeness (QED) is 0.502. The van der Waals surface area contributed by atoms with Crippen LogP contribution in [0.4, 0.5) is 4.79 Å². The molecule has 0 radical (unpaired) electrons. The summed E-state index contributed by atoms with van der Waals surface area (Å²) >= 11 is 0. The average molecular weight is 419 g/mol. The molecule has 30 heavy (non-hydrogen) atoms. The van der Waals surface area contributed by atoms with Crippen molar-refractivity contribution in [3.63, 3.8) is 0 Å². The minimum atomic E-state index is -0.500. The van der Waals surface area contributed by atoms with Crippen LogP contribution in [0.5, 0.6) is 0 Å². The van der Waals surface area contributed by atoms with Crippen LogP contribution in [0.3, 0.4) is 0 Å². The lowest BCUT2D eigenvalue weighted by molar-refractivity contribution is -0.126. The summed E-state index contributed by atoms with van der Waals surface area (Å²) < 4.78 is 5.46. The molecule has 1 aromatic rings. The SMILES string of the molecule is CC(C)OCCCNC(=O)C1CCN(CC(=O)NC(=O)NCc2ccccc2)CC1. The van der Waals surface area contributed by atoms with Gasteiger partial charge in [-0.3, -0.25) is 19.8 Å². The van der Waals surface area contributed by atoms with E-state index in [0.717, 1.165) is 12.0 Å². The third-order valence-corrected chi connectivity index (χ3v) is 4.95. The molecule has 0 aromatic heterocycles. The molecule has 1 aromatic carbocycles. The van der Waals surface area contributed by atoms with Gasteiger partial charge in [0, 0.05) is 25.6 Å². The van der Waals surface area contributed by atoms with E-state index in [1.54, 1.807) is 0 Å². The van der Waals surface area contributed by atoms with E-state index in [-0.39, 0.29) is 30.4 Å². The van der Waals surface area contributed by atoms with E-state index in [2.05, 4.69) is 16.0 Å². The van der Waals surface area contributed by atoms with Gasteiger partial charge in [-0.05, 0) is 51.8 Å². The Kier molecular flexibility index (Phi) is 10.3. The number of hydrogen-bond acceptors (Lipinski definition) is 5. The monoisotopic (exact) mass is 418 g/mol. The van der Waals surface area contributed by atoms with E-state index in [1.165, 1.54) is 0 Å². The van der Waals surface area contributed by atoms with E-state index in [9.17, 15) is 14.4 Å². The van der Waals surface area contributed by atoms with Gasteiger partial charge in [-0.1, -0.05) is 30.3 Å². The van der Waals surface area contributed by atoms with Gasteiger partial charge < -0.3 is 15.4 Å². The summed E-state index contributed by atoms with van der Waals surface area (Å²) in [5, 5.41) is 8.00. The molecule has 0 atom stereocenters. The summed E-state index contributed by atoms with van der Waals surface area (Å²) in [6, 6.07) is 9.00. The highest BCUT2D eigenvalue weighted by atomic mass is 16.5. The van der Waals surface area contributed by atoms with Crippen LogP contribution in [0.1, 0.15) is 38.7 Å². The molecule has 0 aliphatic carbocycles. The molecule has 8 heteroatoms. The molecular weight excluding hydrogens is 384 g/mol. The molecule has 1 aliphatic heterocycles. The maximum atomic E-state index is 12.3. The van der Waals surface area contributed by atoms with Gasteiger partial charge in [0.1, 0.15) is 0 Å². The fourth-order valence-corrected chi connectivity index (χ4v) is 3.29. The zero-order chi connectivity index (χ0) is 21.8. The molecule has 1 fully saturated rings. The second kappa shape index (κ2) is 13.0. The number of imide groups is 1. The summed E-state index contributed by atoms with van der Waals surface area (Å²) in [7, 11) is 0. The van der Waals surface area contributed by atoms with Crippen molar-refractivity contribution in [3.05, 3.63) is 35.9 Å². The van der Waals surface area contributed by atoms with Crippen molar-refractivity contribution < 1.29 is 19.1 Å². The Morgan fingerprint density at radius 2 is 1.80 bits per heavy atom. The number of likely N-dealkylation sites (tertiary alicyclic amines) is 1. The maximum Gasteiger partial charge on any atom is 0.321 e. The highest BCUT2D eigenvalue weighted by Crippen LogP contribution is 2.17. The van der Waals surface area contributed by atoms with Crippen LogP contribution in [0, 0.1) is 5.92 Å². The van der Waals surface area contributed by atoms with E-state index in [0.29, 0.717) is 45.6 Å². The van der Waals surface area contributed by atoms with E-state index in [4.69, 9.17) is 4.74 Å². The predicted molar refractivity (Wildman–Crippen MR) is 115 cm³/mol. The first kappa shape index (κ1) is 23.8. The number of urea groups is 1. The summed E-state index contributed by atoms with van der Waals surface area (Å²) in [5.41, 5.74) is 0.966. The zero-order valence-electron chi connectivity index (χ0n) is 18.0. The van der Waals surface area contributed by atoms with Gasteiger partial charge >= 0.3 is 6.03 Å². The van der Waals surface area contributed by atoms with Gasteiger partial charge in [0.15, 0.2) is 0 Å². The lowest BCUT2D eigenvalue weighted by Crippen LogP contribution is -2.47. The Morgan fingerprint density at radius 1 is 1.10 bits per heavy atom. The van der Waals surface area contributed by atoms with Crippen LogP contribution in [0.15, 0.2) is 30.3 Å². The molecule has 2 rings (SSSR count). The topological polar surface area (TPSA) is 99.8 Å². The Bertz CT molecular complexity index is 673. The number of piperidine rings is 1. The molecule has 8 nitrogen and oxygen atoms in total. The fourth-order valence-electron chi connectivity index (χ4n) is 3.29. The van der Waals surface area contributed by atoms with Crippen molar-refractivity contribution in [1.82, 2.24) is 20.9 Å². The number of nitrogens with one attached hydrogen (secondary N) is 3. The number of carbonyl (C=O) groups is 3. The minimum absolute atomic E-state index is 0.0236. The van der Waals surface area contributed by atoms with Crippen molar-refractivity contribution in [2.75, 3.05) is 32.8 Å². The molecule has 4 amide bonds. The van der Waals surface area contributed by atoms with Gasteiger partial charge in [-0.2, -0.15) is 0 Å². The number of hydrogen-bond donors (Lipinski definition) is 3. The van der Waals surface area contributed by atoms with Crippen molar-refractivity contribution in [2.45, 2.75) is 45.8 Å². The number of rotatable bonds is 10. The fraction of sp³-hybridized carbons (Fsp3) is 0.591. The summed E-state index contributed by atoms with van der Waals surface area (Å²) in [4.78, 5) is 38.2. The molecule has 1 aliphatic rings. The van der Waals surface area contributed by atoms with Crippen molar-refractivity contribution in [3.8, 4) is 0 Å². The van der Waals surface area contributed by atoms with Gasteiger partial charge in [0.05, 0.1) is 12.6 Å². The van der Waals surface area contributed by atoms with Crippen LogP contribution in [0.25, 0.3) is 0 Å². The smallest absolute Gasteiger partial charge is 0.321 e. The third-order valence-electron chi connectivity index (χ3n) is 4.95. The summed E-state index contributed by atoms with van der Waals surface area (Å²) in [5.74, 6) is -0.290. The molecule has 0 unspecified atom stereocenters. The second-order valence-corrected chi connectivity index (χ2v) is 7.83. The maximum absolute atomic E-state index is 12.3. The van der Waals surface area contributed by atoms with E-state index >= 15 is 0 Å². The van der Waals surface area contributed by atoms with Gasteiger partial charge in [0.25, 0.3) is 0 Å². The molecular formula is C22H34N4O4. The largest absolute Gasteiger partial charge is 0.379 e. The van der Waals surface area contributed by atoms with Crippen LogP contribution in [-0.2, 0) is 20.9 Å². The molecule has 0 bridgehead atoms. The Morgan fingerprint density at radius 3 is 2.47 bits per heavy atom. The first-order chi connectivity index (χ1) is 14.4. The van der Waals surface area contributed by atoms with Crippen molar-refractivity contribution in [1.29, 1.82) is 0 Å². The lowest BCUT2D eigenvalue weighted by atomic mass is 9.96. The van der Waals surface area contributed by atoms with Gasteiger partial charge in [0.2, 0.25) is 11.8 Å². The Balaban J connectivity index is 1.57. The highest BCUT2D eigenvalue weighted by molar-refractivity contribution is 5.95. The normalized spacial score (nSPS) is 15.0. The lowest BCUT2D eigenvalue weighted by Gasteiger charge is -2.30. The van der Waals surface area contributed by atoms with Crippen molar-refractivity contribution >= 4 is 17.8 Å². The number of amides is 4. The van der Waals surface area contributed by atoms with Crippen LogP contribution < -0.4 is 16.0 Å². The van der Waals surface area contributed by atoms with Gasteiger partial charge in [-0.25, -0.2) is 4.79 Å². The summed E-state index contributed by atoms with van der Waals surface area (Å²) in [6.07, 6.45) is 2.43. The zero-order valence-corrected chi connectivity index (χ0v) is 18.0. The number of ether oxygens (including phenoxy) is 1. The Hall–Kier alpha value is -2.45. The van der Waals surface area contributed by atoms with Crippen molar-refractivity contribution in [2.24, 2.45) is 5.92 Å². The average Bonchev–Trinajstić information content (AvgIpc) is 2.73. The first-order valence-electron chi connectivity index (χ1n) is 10.7. The minimum Gasteiger partial charge on any atom is -0.379 e. The van der Waals surface area contributed by atoms with Gasteiger partial charge in [-0.15, -0.1) is 0 Å². The van der Waals surface area contributed by atoms with Crippen LogP contribution >= 0.6 is 0 Å². The highest BCUT2D eigenvalue weighted by Gasteiger charge is 2.25. The molecule has 1 saturated heterocycles. The predicted octanol–water partition coefficient (Wildman–Crippen LogP) is 1.66.